The van der Waals surface area contributed by atoms with Gasteiger partial charge in [0.1, 0.15) is 5.75 Å². The van der Waals surface area contributed by atoms with Crippen LogP contribution >= 0.6 is 23.4 Å². The number of nitrogens with two attached hydrogens (primary N) is 1. The summed E-state index contributed by atoms with van der Waals surface area (Å²) in [5, 5.41) is 3.26. The summed E-state index contributed by atoms with van der Waals surface area (Å²) in [6, 6.07) is 5.29. The molecule has 106 valence electrons. The molecule has 0 bridgehead atoms. The monoisotopic (exact) mass is 302 g/mol. The van der Waals surface area contributed by atoms with Crippen molar-refractivity contribution in [1.29, 1.82) is 0 Å². The zero-order valence-corrected chi connectivity index (χ0v) is 12.7. The van der Waals surface area contributed by atoms with Crippen LogP contribution in [0.1, 0.15) is 13.3 Å². The first-order valence-electron chi connectivity index (χ1n) is 6.03. The Kier molecular flexibility index (Phi) is 7.05. The molecule has 1 aromatic carbocycles. The van der Waals surface area contributed by atoms with Crippen LogP contribution in [0.15, 0.2) is 18.2 Å². The van der Waals surface area contributed by atoms with E-state index in [-0.39, 0.29) is 11.9 Å². The molecule has 1 amide bonds. The predicted octanol–water partition coefficient (Wildman–Crippen LogP) is 2.76. The first kappa shape index (κ1) is 16.1. The van der Waals surface area contributed by atoms with E-state index in [0.29, 0.717) is 22.2 Å². The number of hydrogen-bond donors (Lipinski definition) is 2. The van der Waals surface area contributed by atoms with Crippen LogP contribution in [-0.4, -0.2) is 30.6 Å². The second-order valence-corrected chi connectivity index (χ2v) is 5.52. The fourth-order valence-electron chi connectivity index (χ4n) is 1.36. The Morgan fingerprint density at radius 1 is 1.58 bits per heavy atom. The van der Waals surface area contributed by atoms with E-state index in [9.17, 15) is 4.79 Å². The summed E-state index contributed by atoms with van der Waals surface area (Å²) >= 11 is 7.51. The minimum atomic E-state index is -0.0606. The molecule has 0 saturated heterocycles. The molecule has 0 heterocycles. The third kappa shape index (κ3) is 5.72. The number of hydrogen-bond acceptors (Lipinski definition) is 4. The molecule has 1 aromatic rings. The van der Waals surface area contributed by atoms with Gasteiger partial charge in [0.05, 0.1) is 17.9 Å². The molecule has 0 aliphatic rings. The molecule has 19 heavy (non-hydrogen) atoms. The van der Waals surface area contributed by atoms with Crippen molar-refractivity contribution in [3.63, 3.8) is 0 Å². The first-order chi connectivity index (χ1) is 9.06. The van der Waals surface area contributed by atoms with Gasteiger partial charge in [-0.3, -0.25) is 4.79 Å². The molecule has 1 rings (SSSR count). The van der Waals surface area contributed by atoms with Crippen molar-refractivity contribution >= 4 is 35.0 Å². The van der Waals surface area contributed by atoms with Gasteiger partial charge in [0, 0.05) is 17.5 Å². The molecule has 4 nitrogen and oxygen atoms in total. The minimum absolute atomic E-state index is 0.0606. The Morgan fingerprint density at radius 3 is 2.89 bits per heavy atom. The lowest BCUT2D eigenvalue weighted by Gasteiger charge is -2.09. The van der Waals surface area contributed by atoms with Crippen molar-refractivity contribution < 1.29 is 9.53 Å². The van der Waals surface area contributed by atoms with E-state index in [0.717, 1.165) is 12.2 Å². The van der Waals surface area contributed by atoms with Crippen molar-refractivity contribution in [1.82, 2.24) is 0 Å². The van der Waals surface area contributed by atoms with Crippen LogP contribution in [0, 0.1) is 0 Å². The minimum Gasteiger partial charge on any atom is -0.495 e. The van der Waals surface area contributed by atoms with Gasteiger partial charge < -0.3 is 15.8 Å². The number of carbonyl (C=O) groups excluding carboxylic acids is 1. The smallest absolute Gasteiger partial charge is 0.234 e. The van der Waals surface area contributed by atoms with Crippen molar-refractivity contribution in [3.8, 4) is 5.75 Å². The summed E-state index contributed by atoms with van der Waals surface area (Å²) in [4.78, 5) is 11.7. The molecule has 0 aromatic heterocycles. The molecule has 3 N–H and O–H groups in total. The Balaban J connectivity index is 2.42. The van der Waals surface area contributed by atoms with Crippen LogP contribution in [0.25, 0.3) is 0 Å². The average molecular weight is 303 g/mol. The van der Waals surface area contributed by atoms with Gasteiger partial charge in [0.25, 0.3) is 0 Å². The molecule has 0 aliphatic heterocycles. The van der Waals surface area contributed by atoms with E-state index < -0.39 is 0 Å². The summed E-state index contributed by atoms with van der Waals surface area (Å²) in [6.45, 7) is 2.03. The van der Waals surface area contributed by atoms with E-state index in [2.05, 4.69) is 5.32 Å². The molecular weight excluding hydrogens is 284 g/mol. The number of rotatable bonds is 7. The molecule has 6 heteroatoms. The Bertz CT molecular complexity index is 429. The highest BCUT2D eigenvalue weighted by Crippen LogP contribution is 2.27. The quantitative estimate of drug-likeness (QED) is 0.813. The van der Waals surface area contributed by atoms with Crippen LogP contribution in [0.3, 0.4) is 0 Å². The van der Waals surface area contributed by atoms with E-state index in [1.54, 1.807) is 25.3 Å². The molecule has 1 atom stereocenters. The molecule has 0 aliphatic carbocycles. The Labute approximate surface area is 123 Å². The SMILES string of the molecule is CCC(N)CSCC(=O)Nc1ccc(OC)c(Cl)c1. The number of carbonyl (C=O) groups is 1. The van der Waals surface area contributed by atoms with Gasteiger partial charge in [-0.1, -0.05) is 18.5 Å². The molecule has 0 saturated carbocycles. The van der Waals surface area contributed by atoms with Crippen LogP contribution < -0.4 is 15.8 Å². The highest BCUT2D eigenvalue weighted by Gasteiger charge is 2.07. The molecule has 0 fully saturated rings. The van der Waals surface area contributed by atoms with Gasteiger partial charge in [-0.25, -0.2) is 0 Å². The van der Waals surface area contributed by atoms with Crippen LogP contribution in [0.4, 0.5) is 5.69 Å². The van der Waals surface area contributed by atoms with Crippen LogP contribution in [0.5, 0.6) is 5.75 Å². The maximum absolute atomic E-state index is 11.7. The normalized spacial score (nSPS) is 12.0. The van der Waals surface area contributed by atoms with Gasteiger partial charge in [0.2, 0.25) is 5.91 Å². The lowest BCUT2D eigenvalue weighted by Crippen LogP contribution is -2.23. The highest BCUT2D eigenvalue weighted by atomic mass is 35.5. The third-order valence-corrected chi connectivity index (χ3v) is 3.95. The van der Waals surface area contributed by atoms with Gasteiger partial charge in [0.15, 0.2) is 0 Å². The van der Waals surface area contributed by atoms with Gasteiger partial charge >= 0.3 is 0 Å². The van der Waals surface area contributed by atoms with Crippen molar-refractivity contribution in [3.05, 3.63) is 23.2 Å². The standard InChI is InChI=1S/C13H19ClN2O2S/c1-3-9(15)7-19-8-13(17)16-10-4-5-12(18-2)11(14)6-10/h4-6,9H,3,7-8,15H2,1-2H3,(H,16,17). The average Bonchev–Trinajstić information content (AvgIpc) is 2.38. The fraction of sp³-hybridized carbons (Fsp3) is 0.462. The summed E-state index contributed by atoms with van der Waals surface area (Å²) < 4.78 is 5.05. The van der Waals surface area contributed by atoms with Crippen molar-refractivity contribution in [2.45, 2.75) is 19.4 Å². The van der Waals surface area contributed by atoms with Crippen molar-refractivity contribution in [2.24, 2.45) is 5.73 Å². The molecule has 0 spiro atoms. The second-order valence-electron chi connectivity index (χ2n) is 4.08. The highest BCUT2D eigenvalue weighted by molar-refractivity contribution is 8.00. The largest absolute Gasteiger partial charge is 0.495 e. The molecule has 0 radical (unpaired) electrons. The Hall–Kier alpha value is -0.910. The summed E-state index contributed by atoms with van der Waals surface area (Å²) in [5.74, 6) is 1.70. The number of benzene rings is 1. The number of amides is 1. The number of anilines is 1. The third-order valence-electron chi connectivity index (χ3n) is 2.53. The lowest BCUT2D eigenvalue weighted by molar-refractivity contribution is -0.113. The Morgan fingerprint density at radius 2 is 2.32 bits per heavy atom. The lowest BCUT2D eigenvalue weighted by atomic mass is 10.3. The number of nitrogens with one attached hydrogen (secondary N) is 1. The predicted molar refractivity (Wildman–Crippen MR) is 82.2 cm³/mol. The molecular formula is C13H19ClN2O2S. The molecule has 1 unspecified atom stereocenters. The number of ether oxygens (including phenoxy) is 1. The topological polar surface area (TPSA) is 64.4 Å². The van der Waals surface area contributed by atoms with E-state index in [1.165, 1.54) is 11.8 Å². The van der Waals surface area contributed by atoms with Gasteiger partial charge in [-0.05, 0) is 24.6 Å². The number of methoxy groups -OCH3 is 1. The zero-order valence-electron chi connectivity index (χ0n) is 11.1. The van der Waals surface area contributed by atoms with Crippen LogP contribution in [-0.2, 0) is 4.79 Å². The summed E-state index contributed by atoms with van der Waals surface area (Å²) in [7, 11) is 1.55. The van der Waals surface area contributed by atoms with Crippen molar-refractivity contribution in [2.75, 3.05) is 23.9 Å². The zero-order chi connectivity index (χ0) is 14.3. The maximum atomic E-state index is 11.7. The van der Waals surface area contributed by atoms with E-state index >= 15 is 0 Å². The summed E-state index contributed by atoms with van der Waals surface area (Å²) in [6.07, 6.45) is 0.919. The van der Waals surface area contributed by atoms with Gasteiger partial charge in [-0.2, -0.15) is 11.8 Å². The fourth-order valence-corrected chi connectivity index (χ4v) is 2.53. The number of halogens is 1. The van der Waals surface area contributed by atoms with E-state index in [4.69, 9.17) is 22.1 Å². The van der Waals surface area contributed by atoms with Gasteiger partial charge in [-0.15, -0.1) is 0 Å². The number of thioether (sulfide) groups is 1. The second kappa shape index (κ2) is 8.30. The first-order valence-corrected chi connectivity index (χ1v) is 7.56. The maximum Gasteiger partial charge on any atom is 0.234 e. The van der Waals surface area contributed by atoms with Crippen LogP contribution in [0.2, 0.25) is 5.02 Å². The van der Waals surface area contributed by atoms with E-state index in [1.807, 2.05) is 6.92 Å². The summed E-state index contributed by atoms with van der Waals surface area (Å²) in [5.41, 5.74) is 6.44.